The fourth-order valence-electron chi connectivity index (χ4n) is 2.99. The number of rotatable bonds is 1. The molecule has 1 aromatic rings. The van der Waals surface area contributed by atoms with Crippen LogP contribution in [0.15, 0.2) is 18.2 Å². The number of hydrogen-bond donors (Lipinski definition) is 1. The average Bonchev–Trinajstić information content (AvgIpc) is 2.77. The van der Waals surface area contributed by atoms with E-state index in [4.69, 9.17) is 0 Å². The average molecular weight is 215 g/mol. The molecule has 0 saturated heterocycles. The molecule has 2 atom stereocenters. The Morgan fingerprint density at radius 3 is 3.06 bits per heavy atom. The number of carbonyl (C=O) groups is 1. The Balaban J connectivity index is 2.03. The standard InChI is InChI=1S/C14H17NO/c1-2-9-6-7-11-13(8-9)15-12-5-3-4-10(12)14(11)16/h6-8,10,12,15H,2-5H2,1H3. The van der Waals surface area contributed by atoms with Crippen molar-refractivity contribution < 1.29 is 4.79 Å². The number of ketones is 1. The number of aryl methyl sites for hydroxylation is 1. The molecule has 2 nitrogen and oxygen atoms in total. The van der Waals surface area contributed by atoms with Crippen LogP contribution in [0.25, 0.3) is 0 Å². The van der Waals surface area contributed by atoms with Gasteiger partial charge in [-0.3, -0.25) is 4.79 Å². The van der Waals surface area contributed by atoms with E-state index in [1.807, 2.05) is 6.07 Å². The van der Waals surface area contributed by atoms with Crippen molar-refractivity contribution in [1.82, 2.24) is 0 Å². The van der Waals surface area contributed by atoms with Gasteiger partial charge in [0.1, 0.15) is 0 Å². The van der Waals surface area contributed by atoms with Crippen LogP contribution in [0.5, 0.6) is 0 Å². The van der Waals surface area contributed by atoms with E-state index in [0.717, 1.165) is 30.5 Å². The first-order chi connectivity index (χ1) is 7.79. The van der Waals surface area contributed by atoms with Gasteiger partial charge in [-0.05, 0) is 37.0 Å². The van der Waals surface area contributed by atoms with Gasteiger partial charge in [0, 0.05) is 23.2 Å². The van der Waals surface area contributed by atoms with E-state index in [0.29, 0.717) is 11.8 Å². The predicted molar refractivity (Wildman–Crippen MR) is 64.9 cm³/mol. The summed E-state index contributed by atoms with van der Waals surface area (Å²) >= 11 is 0. The molecule has 1 aliphatic heterocycles. The van der Waals surface area contributed by atoms with Crippen molar-refractivity contribution in [3.05, 3.63) is 29.3 Å². The van der Waals surface area contributed by atoms with Crippen LogP contribution in [0.2, 0.25) is 0 Å². The minimum atomic E-state index is 0.236. The number of hydrogen-bond acceptors (Lipinski definition) is 2. The Kier molecular flexibility index (Phi) is 2.23. The summed E-state index contributed by atoms with van der Waals surface area (Å²) in [5.74, 6) is 0.596. The van der Waals surface area contributed by atoms with Crippen molar-refractivity contribution in [3.63, 3.8) is 0 Å². The van der Waals surface area contributed by atoms with Gasteiger partial charge in [-0.1, -0.05) is 19.4 Å². The molecule has 84 valence electrons. The van der Waals surface area contributed by atoms with Gasteiger partial charge in [0.15, 0.2) is 5.78 Å². The molecule has 1 heterocycles. The number of fused-ring (bicyclic) bond motifs is 2. The minimum absolute atomic E-state index is 0.236. The maximum atomic E-state index is 12.3. The zero-order valence-corrected chi connectivity index (χ0v) is 9.62. The third-order valence-corrected chi connectivity index (χ3v) is 3.95. The highest BCUT2D eigenvalue weighted by atomic mass is 16.1. The fraction of sp³-hybridized carbons (Fsp3) is 0.500. The first kappa shape index (κ1) is 9.88. The van der Waals surface area contributed by atoms with Gasteiger partial charge in [-0.15, -0.1) is 0 Å². The monoisotopic (exact) mass is 215 g/mol. The van der Waals surface area contributed by atoms with Gasteiger partial charge in [0.25, 0.3) is 0 Å². The van der Waals surface area contributed by atoms with Crippen LogP contribution in [0.3, 0.4) is 0 Å². The lowest BCUT2D eigenvalue weighted by Gasteiger charge is -2.28. The molecule has 2 unspecified atom stereocenters. The Hall–Kier alpha value is -1.31. The largest absolute Gasteiger partial charge is 0.381 e. The van der Waals surface area contributed by atoms with E-state index in [2.05, 4.69) is 24.4 Å². The predicted octanol–water partition coefficient (Wildman–Crippen LogP) is 3.03. The molecule has 1 aromatic carbocycles. The lowest BCUT2D eigenvalue weighted by molar-refractivity contribution is 0.0911. The van der Waals surface area contributed by atoms with Crippen LogP contribution in [-0.2, 0) is 6.42 Å². The summed E-state index contributed by atoms with van der Waals surface area (Å²) in [6.45, 7) is 2.14. The lowest BCUT2D eigenvalue weighted by Crippen LogP contribution is -2.35. The Morgan fingerprint density at radius 2 is 2.25 bits per heavy atom. The van der Waals surface area contributed by atoms with Gasteiger partial charge >= 0.3 is 0 Å². The summed E-state index contributed by atoms with van der Waals surface area (Å²) in [5.41, 5.74) is 3.27. The molecule has 0 aromatic heterocycles. The Morgan fingerprint density at radius 1 is 1.38 bits per heavy atom. The molecule has 1 fully saturated rings. The SMILES string of the molecule is CCc1ccc2c(c1)NC1CCCC1C2=O. The molecule has 0 radical (unpaired) electrons. The van der Waals surface area contributed by atoms with Crippen LogP contribution in [0.1, 0.15) is 42.1 Å². The Bertz CT molecular complexity index is 438. The van der Waals surface area contributed by atoms with E-state index in [1.54, 1.807) is 0 Å². The molecule has 3 rings (SSSR count). The smallest absolute Gasteiger partial charge is 0.170 e. The van der Waals surface area contributed by atoms with Crippen LogP contribution in [-0.4, -0.2) is 11.8 Å². The molecular weight excluding hydrogens is 198 g/mol. The van der Waals surface area contributed by atoms with E-state index in [9.17, 15) is 4.79 Å². The van der Waals surface area contributed by atoms with Crippen molar-refractivity contribution in [2.24, 2.45) is 5.92 Å². The highest BCUT2D eigenvalue weighted by Crippen LogP contribution is 2.37. The third-order valence-electron chi connectivity index (χ3n) is 3.95. The van der Waals surface area contributed by atoms with Gasteiger partial charge in [-0.25, -0.2) is 0 Å². The van der Waals surface area contributed by atoms with Gasteiger partial charge < -0.3 is 5.32 Å². The normalized spacial score (nSPS) is 27.2. The summed E-state index contributed by atoms with van der Waals surface area (Å²) in [6.07, 6.45) is 4.41. The first-order valence-electron chi connectivity index (χ1n) is 6.23. The van der Waals surface area contributed by atoms with Crippen molar-refractivity contribution in [2.45, 2.75) is 38.6 Å². The molecular formula is C14H17NO. The van der Waals surface area contributed by atoms with Gasteiger partial charge in [0.2, 0.25) is 0 Å². The number of benzene rings is 1. The summed E-state index contributed by atoms with van der Waals surface area (Å²) in [4.78, 5) is 12.3. The number of nitrogens with one attached hydrogen (secondary N) is 1. The second-order valence-electron chi connectivity index (χ2n) is 4.89. The summed E-state index contributed by atoms with van der Waals surface area (Å²) in [6, 6.07) is 6.61. The van der Waals surface area contributed by atoms with Crippen LogP contribution < -0.4 is 5.32 Å². The molecule has 2 aliphatic rings. The zero-order chi connectivity index (χ0) is 11.1. The Labute approximate surface area is 96.1 Å². The summed E-state index contributed by atoms with van der Waals surface area (Å²) in [7, 11) is 0. The maximum absolute atomic E-state index is 12.3. The molecule has 1 N–H and O–H groups in total. The van der Waals surface area contributed by atoms with Crippen molar-refractivity contribution in [3.8, 4) is 0 Å². The third kappa shape index (κ3) is 1.36. The highest BCUT2D eigenvalue weighted by molar-refractivity contribution is 6.05. The molecule has 0 amide bonds. The number of carbonyl (C=O) groups excluding carboxylic acids is 1. The van der Waals surface area contributed by atoms with Gasteiger partial charge in [0.05, 0.1) is 0 Å². The number of Topliss-reactive ketones (excluding diaryl/α,β-unsaturated/α-hetero) is 1. The van der Waals surface area contributed by atoms with Crippen molar-refractivity contribution in [2.75, 3.05) is 5.32 Å². The maximum Gasteiger partial charge on any atom is 0.170 e. The molecule has 2 heteroatoms. The summed E-state index contributed by atoms with van der Waals surface area (Å²) < 4.78 is 0. The van der Waals surface area contributed by atoms with Gasteiger partial charge in [-0.2, -0.15) is 0 Å². The van der Waals surface area contributed by atoms with E-state index in [-0.39, 0.29) is 5.92 Å². The van der Waals surface area contributed by atoms with Crippen LogP contribution in [0, 0.1) is 5.92 Å². The highest BCUT2D eigenvalue weighted by Gasteiger charge is 2.38. The second-order valence-corrected chi connectivity index (χ2v) is 4.89. The summed E-state index contributed by atoms with van der Waals surface area (Å²) in [5, 5.41) is 3.54. The quantitative estimate of drug-likeness (QED) is 0.780. The van der Waals surface area contributed by atoms with E-state index in [1.165, 1.54) is 12.0 Å². The van der Waals surface area contributed by atoms with E-state index >= 15 is 0 Å². The van der Waals surface area contributed by atoms with Crippen LogP contribution in [0.4, 0.5) is 5.69 Å². The van der Waals surface area contributed by atoms with Crippen LogP contribution >= 0.6 is 0 Å². The molecule has 0 bridgehead atoms. The molecule has 0 spiro atoms. The van der Waals surface area contributed by atoms with E-state index < -0.39 is 0 Å². The zero-order valence-electron chi connectivity index (χ0n) is 9.62. The fourth-order valence-corrected chi connectivity index (χ4v) is 2.99. The van der Waals surface area contributed by atoms with Crippen molar-refractivity contribution >= 4 is 11.5 Å². The second kappa shape index (κ2) is 3.62. The molecule has 16 heavy (non-hydrogen) atoms. The lowest BCUT2D eigenvalue weighted by atomic mass is 9.87. The first-order valence-corrected chi connectivity index (χ1v) is 6.23. The molecule has 1 aliphatic carbocycles. The topological polar surface area (TPSA) is 29.1 Å². The van der Waals surface area contributed by atoms with Crippen molar-refractivity contribution in [1.29, 1.82) is 0 Å². The number of anilines is 1. The molecule has 1 saturated carbocycles. The minimum Gasteiger partial charge on any atom is -0.381 e.